The normalized spacial score (nSPS) is 13.0. The van der Waals surface area contributed by atoms with Crippen LogP contribution in [0.25, 0.3) is 0 Å². The van der Waals surface area contributed by atoms with E-state index in [0.29, 0.717) is 0 Å². The number of nitrogens with zero attached hydrogens (tertiary/aromatic N) is 1. The Balaban J connectivity index is 3.16. The molecule has 0 atom stereocenters. The Morgan fingerprint density at radius 3 is 2.21 bits per heavy atom. The summed E-state index contributed by atoms with van der Waals surface area (Å²) in [5.41, 5.74) is -0.737. The van der Waals surface area contributed by atoms with Crippen molar-refractivity contribution in [2.24, 2.45) is 0 Å². The van der Waals surface area contributed by atoms with Crippen molar-refractivity contribution in [3.8, 4) is 0 Å². The number of alkyl halides is 3. The van der Waals surface area contributed by atoms with Crippen LogP contribution in [-0.4, -0.2) is 21.4 Å². The number of pyridine rings is 1. The molecule has 0 fully saturated rings. The SMILES string of the molecule is OC(O)(c1cncc(Br)c1)C(F)(F)F. The minimum atomic E-state index is -5.16. The van der Waals surface area contributed by atoms with Gasteiger partial charge in [-0.25, -0.2) is 0 Å². The summed E-state index contributed by atoms with van der Waals surface area (Å²) >= 11 is 2.87. The van der Waals surface area contributed by atoms with Crippen LogP contribution in [0.1, 0.15) is 5.56 Å². The second-order valence-corrected chi connectivity index (χ2v) is 3.48. The predicted octanol–water partition coefficient (Wildman–Crippen LogP) is 1.54. The molecule has 14 heavy (non-hydrogen) atoms. The summed E-state index contributed by atoms with van der Waals surface area (Å²) in [6.45, 7) is 0. The van der Waals surface area contributed by atoms with E-state index in [1.165, 1.54) is 6.20 Å². The largest absolute Gasteiger partial charge is 0.447 e. The maximum atomic E-state index is 12.1. The Bertz CT molecular complexity index is 340. The van der Waals surface area contributed by atoms with E-state index in [-0.39, 0.29) is 4.47 Å². The average Bonchev–Trinajstić information content (AvgIpc) is 2.02. The number of hydrogen-bond donors (Lipinski definition) is 2. The van der Waals surface area contributed by atoms with Crippen molar-refractivity contribution in [3.05, 3.63) is 28.5 Å². The van der Waals surface area contributed by atoms with Gasteiger partial charge in [-0.05, 0) is 22.0 Å². The van der Waals surface area contributed by atoms with Gasteiger partial charge in [0.05, 0.1) is 0 Å². The number of rotatable bonds is 1. The summed E-state index contributed by atoms with van der Waals surface area (Å²) in [6.07, 6.45) is -3.19. The predicted molar refractivity (Wildman–Crippen MR) is 44.1 cm³/mol. The van der Waals surface area contributed by atoms with E-state index in [1.807, 2.05) is 0 Å². The van der Waals surface area contributed by atoms with Crippen LogP contribution in [0.4, 0.5) is 13.2 Å². The van der Waals surface area contributed by atoms with E-state index in [1.54, 1.807) is 0 Å². The van der Waals surface area contributed by atoms with Crippen molar-refractivity contribution in [2.45, 2.75) is 12.0 Å². The van der Waals surface area contributed by atoms with E-state index in [4.69, 9.17) is 10.2 Å². The van der Waals surface area contributed by atoms with E-state index >= 15 is 0 Å². The monoisotopic (exact) mass is 271 g/mol. The van der Waals surface area contributed by atoms with Crippen LogP contribution in [0.2, 0.25) is 0 Å². The summed E-state index contributed by atoms with van der Waals surface area (Å²) < 4.78 is 36.6. The van der Waals surface area contributed by atoms with Crippen molar-refractivity contribution < 1.29 is 23.4 Å². The highest BCUT2D eigenvalue weighted by Gasteiger charge is 2.54. The van der Waals surface area contributed by atoms with Crippen molar-refractivity contribution in [3.63, 3.8) is 0 Å². The van der Waals surface area contributed by atoms with Crippen LogP contribution in [0, 0.1) is 0 Å². The fourth-order valence-electron chi connectivity index (χ4n) is 0.766. The van der Waals surface area contributed by atoms with E-state index in [2.05, 4.69) is 20.9 Å². The second kappa shape index (κ2) is 3.48. The Morgan fingerprint density at radius 1 is 1.21 bits per heavy atom. The Hall–Kier alpha value is -0.660. The first kappa shape index (κ1) is 11.4. The number of hydrogen-bond acceptors (Lipinski definition) is 3. The molecule has 0 aliphatic carbocycles. The molecule has 0 amide bonds. The van der Waals surface area contributed by atoms with Crippen LogP contribution < -0.4 is 0 Å². The zero-order valence-electron chi connectivity index (χ0n) is 6.59. The van der Waals surface area contributed by atoms with Crippen molar-refractivity contribution in [1.29, 1.82) is 0 Å². The highest BCUT2D eigenvalue weighted by molar-refractivity contribution is 9.10. The maximum absolute atomic E-state index is 12.1. The standard InChI is InChI=1S/C7H5BrF3NO2/c8-5-1-4(2-12-3-5)6(13,14)7(9,10)11/h1-3,13-14H. The molecule has 0 bridgehead atoms. The Morgan fingerprint density at radius 2 is 1.79 bits per heavy atom. The fraction of sp³-hybridized carbons (Fsp3) is 0.286. The van der Waals surface area contributed by atoms with Crippen LogP contribution in [0.15, 0.2) is 22.9 Å². The van der Waals surface area contributed by atoms with Crippen LogP contribution >= 0.6 is 15.9 Å². The lowest BCUT2D eigenvalue weighted by Gasteiger charge is -2.24. The first-order valence-electron chi connectivity index (χ1n) is 3.37. The van der Waals surface area contributed by atoms with Gasteiger partial charge >= 0.3 is 6.18 Å². The fourth-order valence-corrected chi connectivity index (χ4v) is 1.13. The molecule has 0 aliphatic heterocycles. The van der Waals surface area contributed by atoms with Gasteiger partial charge in [0.1, 0.15) is 0 Å². The molecule has 7 heteroatoms. The highest BCUT2D eigenvalue weighted by atomic mass is 79.9. The average molecular weight is 272 g/mol. The summed E-state index contributed by atoms with van der Waals surface area (Å²) in [4.78, 5) is 3.40. The summed E-state index contributed by atoms with van der Waals surface area (Å²) in [5.74, 6) is -3.87. The molecule has 0 unspecified atom stereocenters. The molecule has 0 spiro atoms. The summed E-state index contributed by atoms with van der Waals surface area (Å²) in [6, 6.07) is 0.931. The molecule has 1 rings (SSSR count). The minimum Gasteiger partial charge on any atom is -0.355 e. The molecule has 2 N–H and O–H groups in total. The van der Waals surface area contributed by atoms with Gasteiger partial charge in [-0.1, -0.05) is 0 Å². The quantitative estimate of drug-likeness (QED) is 0.762. The maximum Gasteiger partial charge on any atom is 0.447 e. The van der Waals surface area contributed by atoms with Gasteiger partial charge in [-0.15, -0.1) is 0 Å². The second-order valence-electron chi connectivity index (χ2n) is 2.56. The smallest absolute Gasteiger partial charge is 0.355 e. The lowest BCUT2D eigenvalue weighted by molar-refractivity contribution is -0.358. The van der Waals surface area contributed by atoms with Crippen molar-refractivity contribution in [2.75, 3.05) is 0 Å². The number of aliphatic hydroxyl groups is 2. The Kier molecular flexibility index (Phi) is 2.84. The molecule has 0 saturated heterocycles. The van der Waals surface area contributed by atoms with Crippen molar-refractivity contribution >= 4 is 15.9 Å². The topological polar surface area (TPSA) is 53.4 Å². The molecule has 1 aromatic heterocycles. The summed E-state index contributed by atoms with van der Waals surface area (Å²) in [5, 5.41) is 17.6. The van der Waals surface area contributed by atoms with E-state index in [9.17, 15) is 13.2 Å². The molecule has 1 aromatic rings. The zero-order valence-corrected chi connectivity index (χ0v) is 8.17. The molecule has 3 nitrogen and oxygen atoms in total. The van der Waals surface area contributed by atoms with Gasteiger partial charge in [-0.2, -0.15) is 13.2 Å². The summed E-state index contributed by atoms with van der Waals surface area (Å²) in [7, 11) is 0. The minimum absolute atomic E-state index is 0.228. The lowest BCUT2D eigenvalue weighted by Crippen LogP contribution is -2.42. The van der Waals surface area contributed by atoms with Gasteiger partial charge in [0.2, 0.25) is 0 Å². The third-order valence-corrected chi connectivity index (χ3v) is 1.94. The van der Waals surface area contributed by atoms with E-state index < -0.39 is 17.5 Å². The van der Waals surface area contributed by atoms with E-state index in [0.717, 1.165) is 12.3 Å². The van der Waals surface area contributed by atoms with Gasteiger partial charge in [0, 0.05) is 22.4 Å². The van der Waals surface area contributed by atoms with Gasteiger partial charge in [0.25, 0.3) is 5.79 Å². The van der Waals surface area contributed by atoms with Crippen LogP contribution in [0.3, 0.4) is 0 Å². The molecule has 0 aromatic carbocycles. The molecule has 0 aliphatic rings. The number of aromatic nitrogens is 1. The molecular weight excluding hydrogens is 267 g/mol. The third kappa shape index (κ3) is 2.05. The van der Waals surface area contributed by atoms with Gasteiger partial charge in [-0.3, -0.25) is 4.98 Å². The molecule has 0 radical (unpaired) electrons. The first-order valence-corrected chi connectivity index (χ1v) is 4.17. The lowest BCUT2D eigenvalue weighted by atomic mass is 10.1. The Labute approximate surface area is 85.3 Å². The number of halogens is 4. The first-order chi connectivity index (χ1) is 6.25. The zero-order chi connectivity index (χ0) is 11.0. The van der Waals surface area contributed by atoms with Gasteiger partial charge < -0.3 is 10.2 Å². The van der Waals surface area contributed by atoms with Crippen LogP contribution in [-0.2, 0) is 5.79 Å². The molecule has 78 valence electrons. The van der Waals surface area contributed by atoms with Gasteiger partial charge in [0.15, 0.2) is 0 Å². The molecule has 0 saturated carbocycles. The highest BCUT2D eigenvalue weighted by Crippen LogP contribution is 2.36. The van der Waals surface area contributed by atoms with Crippen molar-refractivity contribution in [1.82, 2.24) is 4.98 Å². The third-order valence-electron chi connectivity index (χ3n) is 1.50. The molecular formula is C7H5BrF3NO2. The molecule has 1 heterocycles. The van der Waals surface area contributed by atoms with Crippen LogP contribution in [0.5, 0.6) is 0 Å².